The summed E-state index contributed by atoms with van der Waals surface area (Å²) in [4.78, 5) is 12.2. The fourth-order valence-corrected chi connectivity index (χ4v) is 4.07. The van der Waals surface area contributed by atoms with Gasteiger partial charge in [-0.3, -0.25) is 9.48 Å². The van der Waals surface area contributed by atoms with Crippen LogP contribution in [0.15, 0.2) is 58.4 Å². The normalized spacial score (nSPS) is 11.1. The molecule has 1 aromatic carbocycles. The third-order valence-electron chi connectivity index (χ3n) is 4.80. The van der Waals surface area contributed by atoms with Crippen molar-refractivity contribution in [2.75, 3.05) is 5.75 Å². The van der Waals surface area contributed by atoms with Crippen molar-refractivity contribution in [1.82, 2.24) is 29.9 Å². The largest absolute Gasteiger partial charge is 0.467 e. The van der Waals surface area contributed by atoms with Crippen molar-refractivity contribution in [3.05, 3.63) is 60.2 Å². The highest BCUT2D eigenvalue weighted by Crippen LogP contribution is 2.32. The number of aryl methyl sites for hydroxylation is 2. The van der Waals surface area contributed by atoms with Gasteiger partial charge in [-0.2, -0.15) is 5.10 Å². The van der Waals surface area contributed by atoms with Crippen LogP contribution < -0.4 is 5.32 Å². The fraction of sp³-hybridized carbons (Fsp3) is 0.273. The zero-order valence-corrected chi connectivity index (χ0v) is 18.5. The number of aromatic nitrogens is 5. The van der Waals surface area contributed by atoms with Gasteiger partial charge in [0.2, 0.25) is 5.91 Å². The van der Waals surface area contributed by atoms with Gasteiger partial charge in [-0.15, -0.1) is 10.2 Å². The van der Waals surface area contributed by atoms with Crippen LogP contribution in [0.1, 0.15) is 18.2 Å². The van der Waals surface area contributed by atoms with Crippen LogP contribution in [0.3, 0.4) is 0 Å². The quantitative estimate of drug-likeness (QED) is 0.424. The van der Waals surface area contributed by atoms with Crippen LogP contribution in [0.4, 0.5) is 0 Å². The van der Waals surface area contributed by atoms with Gasteiger partial charge in [0.1, 0.15) is 11.5 Å². The van der Waals surface area contributed by atoms with E-state index in [1.54, 1.807) is 17.0 Å². The zero-order valence-electron chi connectivity index (χ0n) is 17.7. The Morgan fingerprint density at radius 1 is 1.19 bits per heavy atom. The molecule has 0 spiro atoms. The first-order valence-electron chi connectivity index (χ1n) is 10.0. The Morgan fingerprint density at radius 2 is 2.00 bits per heavy atom. The first-order chi connectivity index (χ1) is 15.0. The number of carbonyl (C=O) groups excluding carboxylic acids is 1. The van der Waals surface area contributed by atoms with Crippen LogP contribution in [0.25, 0.3) is 22.6 Å². The summed E-state index contributed by atoms with van der Waals surface area (Å²) < 4.78 is 9.03. The number of rotatable bonds is 8. The highest BCUT2D eigenvalue weighted by atomic mass is 32.2. The van der Waals surface area contributed by atoms with Crippen molar-refractivity contribution in [1.29, 1.82) is 0 Å². The molecule has 0 saturated carbocycles. The van der Waals surface area contributed by atoms with E-state index in [1.165, 1.54) is 17.3 Å². The summed E-state index contributed by atoms with van der Waals surface area (Å²) in [5.74, 6) is 1.62. The average Bonchev–Trinajstić information content (AvgIpc) is 3.50. The molecule has 0 radical (unpaired) electrons. The Labute approximate surface area is 184 Å². The zero-order chi connectivity index (χ0) is 21.8. The number of nitrogens with zero attached hydrogens (tertiary/aromatic N) is 5. The molecule has 9 heteroatoms. The first-order valence-corrected chi connectivity index (χ1v) is 11.0. The summed E-state index contributed by atoms with van der Waals surface area (Å²) in [6, 6.07) is 11.9. The monoisotopic (exact) mass is 436 g/mol. The Bertz CT molecular complexity index is 1160. The van der Waals surface area contributed by atoms with Crippen molar-refractivity contribution in [3.63, 3.8) is 0 Å². The van der Waals surface area contributed by atoms with Gasteiger partial charge < -0.3 is 14.3 Å². The first kappa shape index (κ1) is 20.9. The summed E-state index contributed by atoms with van der Waals surface area (Å²) >= 11 is 1.36. The second-order valence-corrected chi connectivity index (χ2v) is 8.07. The molecular formula is C22H24N6O2S. The van der Waals surface area contributed by atoms with Crippen LogP contribution in [0.2, 0.25) is 0 Å². The smallest absolute Gasteiger partial charge is 0.230 e. The van der Waals surface area contributed by atoms with Crippen LogP contribution in [0, 0.1) is 6.92 Å². The molecule has 0 aliphatic carbocycles. The van der Waals surface area contributed by atoms with Crippen LogP contribution >= 0.6 is 11.8 Å². The lowest BCUT2D eigenvalue weighted by molar-refractivity contribution is -0.118. The van der Waals surface area contributed by atoms with E-state index in [9.17, 15) is 4.79 Å². The minimum atomic E-state index is -0.0877. The fourth-order valence-electron chi connectivity index (χ4n) is 3.24. The van der Waals surface area contributed by atoms with E-state index < -0.39 is 0 Å². The molecule has 0 fully saturated rings. The van der Waals surface area contributed by atoms with E-state index in [4.69, 9.17) is 4.42 Å². The topological polar surface area (TPSA) is 90.8 Å². The predicted molar refractivity (Wildman–Crippen MR) is 119 cm³/mol. The number of benzene rings is 1. The second-order valence-electron chi connectivity index (χ2n) is 7.13. The molecular weight excluding hydrogens is 412 g/mol. The summed E-state index contributed by atoms with van der Waals surface area (Å²) in [6.07, 6.45) is 3.54. The maximum Gasteiger partial charge on any atom is 0.230 e. The minimum absolute atomic E-state index is 0.0877. The Hall–Kier alpha value is -3.33. The molecule has 8 nitrogen and oxygen atoms in total. The predicted octanol–water partition coefficient (Wildman–Crippen LogP) is 3.68. The minimum Gasteiger partial charge on any atom is -0.467 e. The number of thioether (sulfide) groups is 1. The van der Waals surface area contributed by atoms with Gasteiger partial charge in [-0.25, -0.2) is 0 Å². The van der Waals surface area contributed by atoms with E-state index in [1.807, 2.05) is 30.8 Å². The number of furan rings is 1. The van der Waals surface area contributed by atoms with Gasteiger partial charge in [-0.1, -0.05) is 41.6 Å². The van der Waals surface area contributed by atoms with Gasteiger partial charge in [0.25, 0.3) is 0 Å². The maximum absolute atomic E-state index is 12.2. The summed E-state index contributed by atoms with van der Waals surface area (Å²) in [6.45, 7) is 5.15. The van der Waals surface area contributed by atoms with Crippen molar-refractivity contribution < 1.29 is 9.21 Å². The van der Waals surface area contributed by atoms with E-state index in [0.29, 0.717) is 18.2 Å². The van der Waals surface area contributed by atoms with E-state index in [2.05, 4.69) is 51.8 Å². The summed E-state index contributed by atoms with van der Waals surface area (Å²) in [5.41, 5.74) is 3.99. The molecule has 0 saturated heterocycles. The van der Waals surface area contributed by atoms with Gasteiger partial charge in [0, 0.05) is 25.4 Å². The molecule has 1 N–H and O–H groups in total. The van der Waals surface area contributed by atoms with Crippen LogP contribution in [0.5, 0.6) is 0 Å². The highest BCUT2D eigenvalue weighted by molar-refractivity contribution is 7.99. The molecule has 1 amide bonds. The molecule has 160 valence electrons. The Balaban J connectivity index is 1.52. The van der Waals surface area contributed by atoms with Gasteiger partial charge in [0.15, 0.2) is 11.0 Å². The van der Waals surface area contributed by atoms with Crippen molar-refractivity contribution in [2.45, 2.75) is 32.1 Å². The highest BCUT2D eigenvalue weighted by Gasteiger charge is 2.20. The Kier molecular flexibility index (Phi) is 6.22. The molecule has 0 aliphatic rings. The molecule has 0 unspecified atom stereocenters. The summed E-state index contributed by atoms with van der Waals surface area (Å²) in [7, 11) is 1.90. The van der Waals surface area contributed by atoms with Crippen LogP contribution in [-0.4, -0.2) is 36.2 Å². The molecule has 31 heavy (non-hydrogen) atoms. The van der Waals surface area contributed by atoms with E-state index >= 15 is 0 Å². The second kappa shape index (κ2) is 9.22. The van der Waals surface area contributed by atoms with Gasteiger partial charge >= 0.3 is 0 Å². The number of hydrogen-bond acceptors (Lipinski definition) is 6. The lowest BCUT2D eigenvalue weighted by atomic mass is 10.1. The number of hydrogen-bond donors (Lipinski definition) is 1. The molecule has 3 aromatic heterocycles. The van der Waals surface area contributed by atoms with E-state index in [-0.39, 0.29) is 11.7 Å². The lowest BCUT2D eigenvalue weighted by Crippen LogP contribution is -2.24. The molecule has 3 heterocycles. The van der Waals surface area contributed by atoms with Gasteiger partial charge in [-0.05, 0) is 26.0 Å². The molecule has 4 aromatic rings. The number of carbonyl (C=O) groups is 1. The van der Waals surface area contributed by atoms with Crippen LogP contribution in [-0.2, 0) is 24.9 Å². The standard InChI is InChI=1S/C22H24N6O2S/c1-4-28-21(18-13-27(3)26-20(18)16-9-7-15(2)8-10-16)24-25-22(28)31-14-19(29)23-12-17-6-5-11-30-17/h5-11,13H,4,12,14H2,1-3H3,(H,23,29). The van der Waals surface area contributed by atoms with Crippen molar-refractivity contribution in [3.8, 4) is 22.6 Å². The van der Waals surface area contributed by atoms with Gasteiger partial charge in [0.05, 0.1) is 24.1 Å². The van der Waals surface area contributed by atoms with E-state index in [0.717, 1.165) is 28.4 Å². The molecule has 0 bridgehead atoms. The SMILES string of the molecule is CCn1c(SCC(=O)NCc2ccco2)nnc1-c1cn(C)nc1-c1ccc(C)cc1. The molecule has 0 aliphatic heterocycles. The number of amides is 1. The average molecular weight is 437 g/mol. The third-order valence-corrected chi connectivity index (χ3v) is 5.77. The summed E-state index contributed by atoms with van der Waals surface area (Å²) in [5, 5.41) is 17.0. The maximum atomic E-state index is 12.2. The van der Waals surface area contributed by atoms with Crippen molar-refractivity contribution >= 4 is 17.7 Å². The molecule has 0 atom stereocenters. The van der Waals surface area contributed by atoms with Crippen molar-refractivity contribution in [2.24, 2.45) is 7.05 Å². The number of nitrogens with one attached hydrogen (secondary N) is 1. The molecule has 4 rings (SSSR count). The third kappa shape index (κ3) is 4.72. The lowest BCUT2D eigenvalue weighted by Gasteiger charge is -2.08. The Morgan fingerprint density at radius 3 is 2.71 bits per heavy atom.